The van der Waals surface area contributed by atoms with Crippen molar-refractivity contribution in [2.75, 3.05) is 13.1 Å². The summed E-state index contributed by atoms with van der Waals surface area (Å²) in [6.45, 7) is 0.659. The minimum atomic E-state index is -1.14. The summed E-state index contributed by atoms with van der Waals surface area (Å²) in [4.78, 5) is 13.8. The molecule has 1 amide bonds. The van der Waals surface area contributed by atoms with Gasteiger partial charge in [-0.05, 0) is 15.9 Å². The van der Waals surface area contributed by atoms with E-state index in [9.17, 15) is 9.90 Å². The third kappa shape index (κ3) is 2.17. The molecule has 19 heavy (non-hydrogen) atoms. The smallest absolute Gasteiger partial charge is 0.257 e. The fourth-order valence-electron chi connectivity index (χ4n) is 2.21. The average Bonchev–Trinajstić information content (AvgIpc) is 3.07. The number of carbonyl (C=O) groups is 1. The van der Waals surface area contributed by atoms with E-state index in [1.54, 1.807) is 11.0 Å². The molecule has 1 unspecified atom stereocenters. The zero-order chi connectivity index (χ0) is 13.5. The number of β-amino-alcohol motifs (C(OH)–C–C–N with tert-alkyl or cyclic N) is 1. The van der Waals surface area contributed by atoms with Crippen LogP contribution in [0.4, 0.5) is 0 Å². The summed E-state index contributed by atoms with van der Waals surface area (Å²) in [5.74, 6) is -0.172. The maximum atomic E-state index is 12.2. The van der Waals surface area contributed by atoms with Gasteiger partial charge in [0, 0.05) is 19.0 Å². The fourth-order valence-corrected chi connectivity index (χ4v) is 2.55. The van der Waals surface area contributed by atoms with E-state index < -0.39 is 5.60 Å². The second-order valence-corrected chi connectivity index (χ2v) is 5.28. The van der Waals surface area contributed by atoms with E-state index in [0.717, 1.165) is 0 Å². The molecular formula is C11H11BrN4O3. The third-order valence-electron chi connectivity index (χ3n) is 3.24. The minimum Gasteiger partial charge on any atom is -0.457 e. The molecule has 3 rings (SSSR count). The predicted molar refractivity (Wildman–Crippen MR) is 67.2 cm³/mol. The van der Waals surface area contributed by atoms with Gasteiger partial charge >= 0.3 is 0 Å². The van der Waals surface area contributed by atoms with Crippen molar-refractivity contribution < 1.29 is 14.3 Å². The Morgan fingerprint density at radius 2 is 2.47 bits per heavy atom. The number of rotatable bonds is 2. The summed E-state index contributed by atoms with van der Waals surface area (Å²) in [6, 6.07) is 1.61. The molecule has 2 aromatic rings. The number of H-pyrrole nitrogens is 1. The van der Waals surface area contributed by atoms with Crippen molar-refractivity contribution in [3.05, 3.63) is 34.5 Å². The van der Waals surface area contributed by atoms with Gasteiger partial charge in [0.25, 0.3) is 5.91 Å². The lowest BCUT2D eigenvalue weighted by Crippen LogP contribution is -2.34. The molecule has 8 heteroatoms. The highest BCUT2D eigenvalue weighted by Crippen LogP contribution is 2.31. The first-order valence-corrected chi connectivity index (χ1v) is 6.50. The Morgan fingerprint density at radius 3 is 3.11 bits per heavy atom. The number of aromatic amines is 1. The highest BCUT2D eigenvalue weighted by atomic mass is 79.9. The molecule has 0 spiro atoms. The van der Waals surface area contributed by atoms with Gasteiger partial charge < -0.3 is 14.4 Å². The lowest BCUT2D eigenvalue weighted by Gasteiger charge is -2.20. The topological polar surface area (TPSA) is 95.3 Å². The van der Waals surface area contributed by atoms with Gasteiger partial charge in [-0.25, -0.2) is 0 Å². The molecule has 1 aliphatic rings. The van der Waals surface area contributed by atoms with Gasteiger partial charge in [0.2, 0.25) is 0 Å². The van der Waals surface area contributed by atoms with Crippen LogP contribution in [0.15, 0.2) is 27.6 Å². The van der Waals surface area contributed by atoms with Crippen LogP contribution in [0, 0.1) is 0 Å². The number of hydrogen-bond donors (Lipinski definition) is 2. The Labute approximate surface area is 116 Å². The molecule has 0 aliphatic carbocycles. The van der Waals surface area contributed by atoms with Gasteiger partial charge in [-0.15, -0.1) is 0 Å². The van der Waals surface area contributed by atoms with Gasteiger partial charge in [-0.3, -0.25) is 4.79 Å². The van der Waals surface area contributed by atoms with E-state index in [4.69, 9.17) is 4.42 Å². The van der Waals surface area contributed by atoms with E-state index in [-0.39, 0.29) is 12.5 Å². The van der Waals surface area contributed by atoms with Crippen LogP contribution >= 0.6 is 15.9 Å². The summed E-state index contributed by atoms with van der Waals surface area (Å²) in [5.41, 5.74) is -0.226. The van der Waals surface area contributed by atoms with Crippen molar-refractivity contribution in [1.29, 1.82) is 0 Å². The Kier molecular flexibility index (Phi) is 2.90. The van der Waals surface area contributed by atoms with Crippen LogP contribution < -0.4 is 0 Å². The van der Waals surface area contributed by atoms with Crippen molar-refractivity contribution in [1.82, 2.24) is 20.3 Å². The van der Waals surface area contributed by atoms with Gasteiger partial charge in [-0.2, -0.15) is 15.4 Å². The summed E-state index contributed by atoms with van der Waals surface area (Å²) < 4.78 is 5.55. The largest absolute Gasteiger partial charge is 0.457 e. The van der Waals surface area contributed by atoms with Gasteiger partial charge in [0.05, 0.1) is 18.3 Å². The molecule has 1 aliphatic heterocycles. The van der Waals surface area contributed by atoms with Crippen molar-refractivity contribution in [2.24, 2.45) is 0 Å². The number of hydrogen-bond acceptors (Lipinski definition) is 5. The zero-order valence-corrected chi connectivity index (χ0v) is 11.4. The Bertz CT molecular complexity index is 597. The number of nitrogens with zero attached hydrogens (tertiary/aromatic N) is 3. The molecule has 0 aromatic carbocycles. The number of aromatic nitrogens is 3. The SMILES string of the molecule is O=C(c1coc(Br)c1)N1CCC(O)(c2cn[nH]n2)C1. The molecule has 0 bridgehead atoms. The number of nitrogens with one attached hydrogen (secondary N) is 1. The fraction of sp³-hybridized carbons (Fsp3) is 0.364. The van der Waals surface area contributed by atoms with Crippen molar-refractivity contribution in [3.63, 3.8) is 0 Å². The normalized spacial score (nSPS) is 22.9. The standard InChI is InChI=1S/C11H11BrN4O3/c12-9-3-7(5-19-9)10(17)16-2-1-11(18,6-16)8-4-13-15-14-8/h3-5,18H,1-2,6H2,(H,13,14,15). The molecule has 0 radical (unpaired) electrons. The Hall–Kier alpha value is -1.67. The number of likely N-dealkylation sites (tertiary alicyclic amines) is 1. The first kappa shape index (κ1) is 12.4. The number of aliphatic hydroxyl groups is 1. The van der Waals surface area contributed by atoms with Crippen LogP contribution in [-0.2, 0) is 5.60 Å². The monoisotopic (exact) mass is 326 g/mol. The Morgan fingerprint density at radius 1 is 1.63 bits per heavy atom. The lowest BCUT2D eigenvalue weighted by atomic mass is 10.00. The summed E-state index contributed by atoms with van der Waals surface area (Å²) in [6.07, 6.45) is 3.30. The first-order chi connectivity index (χ1) is 9.08. The molecule has 1 saturated heterocycles. The second kappa shape index (κ2) is 4.46. The van der Waals surface area contributed by atoms with Crippen molar-refractivity contribution in [3.8, 4) is 0 Å². The van der Waals surface area contributed by atoms with Crippen LogP contribution in [-0.4, -0.2) is 44.4 Å². The highest BCUT2D eigenvalue weighted by molar-refractivity contribution is 9.10. The maximum absolute atomic E-state index is 12.2. The van der Waals surface area contributed by atoms with Gasteiger partial charge in [0.1, 0.15) is 17.6 Å². The van der Waals surface area contributed by atoms with E-state index in [1.165, 1.54) is 12.5 Å². The van der Waals surface area contributed by atoms with Gasteiger partial charge in [-0.1, -0.05) is 0 Å². The lowest BCUT2D eigenvalue weighted by molar-refractivity contribution is 0.0382. The number of halogens is 1. The molecule has 2 aromatic heterocycles. The van der Waals surface area contributed by atoms with E-state index in [1.807, 2.05) is 0 Å². The maximum Gasteiger partial charge on any atom is 0.257 e. The Balaban J connectivity index is 1.77. The molecule has 1 atom stereocenters. The van der Waals surface area contributed by atoms with Gasteiger partial charge in [0.15, 0.2) is 4.67 Å². The number of amides is 1. The predicted octanol–water partition coefficient (Wildman–Crippen LogP) is 0.894. The number of carbonyl (C=O) groups excluding carboxylic acids is 1. The van der Waals surface area contributed by atoms with Crippen LogP contribution in [0.1, 0.15) is 22.5 Å². The van der Waals surface area contributed by atoms with Crippen molar-refractivity contribution >= 4 is 21.8 Å². The third-order valence-corrected chi connectivity index (χ3v) is 3.66. The van der Waals surface area contributed by atoms with Crippen LogP contribution in [0.2, 0.25) is 0 Å². The average molecular weight is 327 g/mol. The van der Waals surface area contributed by atoms with E-state index in [2.05, 4.69) is 31.3 Å². The first-order valence-electron chi connectivity index (χ1n) is 5.70. The van der Waals surface area contributed by atoms with Crippen LogP contribution in [0.5, 0.6) is 0 Å². The quantitative estimate of drug-likeness (QED) is 0.854. The molecule has 0 saturated carbocycles. The molecule has 3 heterocycles. The molecule has 100 valence electrons. The molecular weight excluding hydrogens is 316 g/mol. The second-order valence-electron chi connectivity index (χ2n) is 4.50. The van der Waals surface area contributed by atoms with E-state index in [0.29, 0.717) is 28.9 Å². The molecule has 2 N–H and O–H groups in total. The minimum absolute atomic E-state index is 0.172. The van der Waals surface area contributed by atoms with Crippen LogP contribution in [0.3, 0.4) is 0 Å². The summed E-state index contributed by atoms with van der Waals surface area (Å²) >= 11 is 3.15. The summed E-state index contributed by atoms with van der Waals surface area (Å²) in [5, 5.41) is 20.5. The van der Waals surface area contributed by atoms with E-state index >= 15 is 0 Å². The van der Waals surface area contributed by atoms with Crippen molar-refractivity contribution in [2.45, 2.75) is 12.0 Å². The number of furan rings is 1. The van der Waals surface area contributed by atoms with Crippen LogP contribution in [0.25, 0.3) is 0 Å². The molecule has 7 nitrogen and oxygen atoms in total. The molecule has 1 fully saturated rings. The zero-order valence-electron chi connectivity index (χ0n) is 9.84. The summed E-state index contributed by atoms with van der Waals surface area (Å²) in [7, 11) is 0. The highest BCUT2D eigenvalue weighted by Gasteiger charge is 2.41.